The van der Waals surface area contributed by atoms with Crippen molar-refractivity contribution in [3.8, 4) is 0 Å². The average Bonchev–Trinajstić information content (AvgIpc) is 3.58. The zero-order valence-corrected chi connectivity index (χ0v) is 23.9. The van der Waals surface area contributed by atoms with Crippen LogP contribution in [0.5, 0.6) is 0 Å². The molecule has 9 heteroatoms. The highest BCUT2D eigenvalue weighted by atomic mass is 32.1. The van der Waals surface area contributed by atoms with Crippen LogP contribution in [-0.4, -0.2) is 75.4 Å². The van der Waals surface area contributed by atoms with Crippen molar-refractivity contribution >= 4 is 39.0 Å². The number of hydrogen-bond donors (Lipinski definition) is 1. The third-order valence-corrected chi connectivity index (χ3v) is 9.18. The molecule has 1 amide bonds. The van der Waals surface area contributed by atoms with Gasteiger partial charge in [-0.3, -0.25) is 18.9 Å². The van der Waals surface area contributed by atoms with Crippen molar-refractivity contribution in [2.75, 3.05) is 39.4 Å². The summed E-state index contributed by atoms with van der Waals surface area (Å²) in [6.45, 7) is 10.6. The minimum atomic E-state index is -0.656. The molecule has 0 saturated carbocycles. The number of rotatable bonds is 8. The number of benzene rings is 2. The van der Waals surface area contributed by atoms with E-state index in [0.717, 1.165) is 48.3 Å². The van der Waals surface area contributed by atoms with Crippen molar-refractivity contribution in [3.63, 3.8) is 0 Å². The molecule has 0 aliphatic carbocycles. The normalized spacial score (nSPS) is 18.6. The molecule has 208 valence electrons. The third-order valence-electron chi connectivity index (χ3n) is 8.04. The maximum atomic E-state index is 14.2. The molecule has 1 saturated heterocycles. The minimum Gasteiger partial charge on any atom is -0.503 e. The molecule has 4 heterocycles. The zero-order valence-electron chi connectivity index (χ0n) is 23.1. The minimum absolute atomic E-state index is 0.144. The molecule has 2 aromatic heterocycles. The SMILES string of the molecule is Cc1c(C(=O)C2=C(O)C(=O)N(CCCN3CCOCC3)C2c2ccc(C(C)C)cc2)sc2nc3ccccc3n12. The maximum Gasteiger partial charge on any atom is 0.290 e. The zero-order chi connectivity index (χ0) is 28.0. The number of ketones is 1. The van der Waals surface area contributed by atoms with Crippen LogP contribution >= 0.6 is 11.3 Å². The Balaban J connectivity index is 1.36. The summed E-state index contributed by atoms with van der Waals surface area (Å²) in [4.78, 5) is 37.6. The summed E-state index contributed by atoms with van der Waals surface area (Å²) >= 11 is 1.30. The third kappa shape index (κ3) is 4.62. The number of morpholine rings is 1. The van der Waals surface area contributed by atoms with Crippen molar-refractivity contribution in [1.82, 2.24) is 19.2 Å². The van der Waals surface area contributed by atoms with Crippen molar-refractivity contribution in [2.24, 2.45) is 0 Å². The molecule has 1 N–H and O–H groups in total. The number of fused-ring (bicyclic) bond motifs is 3. The average molecular weight is 559 g/mol. The number of aliphatic hydroxyl groups is 1. The first-order valence-corrected chi connectivity index (χ1v) is 14.7. The Kier molecular flexibility index (Phi) is 7.20. The number of ether oxygens (including phenoxy) is 1. The van der Waals surface area contributed by atoms with Gasteiger partial charge in [0.25, 0.3) is 5.91 Å². The van der Waals surface area contributed by atoms with E-state index in [1.54, 1.807) is 4.90 Å². The summed E-state index contributed by atoms with van der Waals surface area (Å²) in [5.74, 6) is -0.914. The lowest BCUT2D eigenvalue weighted by Gasteiger charge is -2.30. The molecule has 2 aromatic carbocycles. The van der Waals surface area contributed by atoms with Gasteiger partial charge in [0.2, 0.25) is 5.78 Å². The van der Waals surface area contributed by atoms with Crippen molar-refractivity contribution < 1.29 is 19.4 Å². The number of Topliss-reactive ketones (excluding diaryl/α,β-unsaturated/α-hetero) is 1. The molecule has 2 aliphatic rings. The van der Waals surface area contributed by atoms with Gasteiger partial charge in [-0.1, -0.05) is 61.6 Å². The lowest BCUT2D eigenvalue weighted by Crippen LogP contribution is -2.39. The van der Waals surface area contributed by atoms with Gasteiger partial charge < -0.3 is 14.7 Å². The van der Waals surface area contributed by atoms with E-state index < -0.39 is 17.7 Å². The van der Waals surface area contributed by atoms with Gasteiger partial charge in [-0.25, -0.2) is 4.98 Å². The molecule has 1 fully saturated rings. The van der Waals surface area contributed by atoms with Crippen LogP contribution in [-0.2, 0) is 9.53 Å². The largest absolute Gasteiger partial charge is 0.503 e. The summed E-state index contributed by atoms with van der Waals surface area (Å²) in [6.07, 6.45) is 0.735. The number of aliphatic hydroxyl groups excluding tert-OH is 1. The molecule has 0 bridgehead atoms. The quantitative estimate of drug-likeness (QED) is 0.296. The highest BCUT2D eigenvalue weighted by Gasteiger charge is 2.44. The Morgan fingerprint density at radius 3 is 2.55 bits per heavy atom. The van der Waals surface area contributed by atoms with Crippen LogP contribution in [0.4, 0.5) is 0 Å². The van der Waals surface area contributed by atoms with Gasteiger partial charge >= 0.3 is 0 Å². The molecule has 1 atom stereocenters. The second-order valence-corrected chi connectivity index (χ2v) is 11.8. The smallest absolute Gasteiger partial charge is 0.290 e. The molecule has 6 rings (SSSR count). The van der Waals surface area contributed by atoms with E-state index in [4.69, 9.17) is 9.72 Å². The first-order valence-electron chi connectivity index (χ1n) is 13.9. The van der Waals surface area contributed by atoms with Crippen LogP contribution < -0.4 is 0 Å². The fraction of sp³-hybridized carbons (Fsp3) is 0.387. The number of carbonyl (C=O) groups is 2. The highest BCUT2D eigenvalue weighted by molar-refractivity contribution is 7.19. The monoisotopic (exact) mass is 558 g/mol. The lowest BCUT2D eigenvalue weighted by molar-refractivity contribution is -0.129. The van der Waals surface area contributed by atoms with Gasteiger partial charge in [-0.05, 0) is 42.5 Å². The van der Waals surface area contributed by atoms with E-state index in [1.807, 2.05) is 59.9 Å². The van der Waals surface area contributed by atoms with E-state index in [1.165, 1.54) is 16.9 Å². The number of aryl methyl sites for hydroxylation is 1. The van der Waals surface area contributed by atoms with E-state index in [9.17, 15) is 14.7 Å². The van der Waals surface area contributed by atoms with E-state index >= 15 is 0 Å². The number of amides is 1. The fourth-order valence-electron chi connectivity index (χ4n) is 5.81. The molecule has 1 unspecified atom stereocenters. The van der Waals surface area contributed by atoms with Crippen LogP contribution in [0.3, 0.4) is 0 Å². The standard InChI is InChI=1S/C31H34N4O4S/c1-19(2)21-9-11-22(12-10-21)26-25(28(37)30(38)34(26)14-6-13-33-15-17-39-18-16-33)27(36)29-20(3)35-24-8-5-4-7-23(24)32-31(35)40-29/h4-5,7-12,19,26,37H,6,13-18H2,1-3H3. The van der Waals surface area contributed by atoms with Crippen LogP contribution in [0.25, 0.3) is 16.0 Å². The molecule has 2 aliphatic heterocycles. The topological polar surface area (TPSA) is 87.4 Å². The molecular formula is C31H34N4O4S. The van der Waals surface area contributed by atoms with Gasteiger partial charge in [0.05, 0.1) is 40.7 Å². The molecule has 0 spiro atoms. The number of carbonyl (C=O) groups excluding carboxylic acids is 2. The predicted molar refractivity (Wildman–Crippen MR) is 156 cm³/mol. The van der Waals surface area contributed by atoms with Crippen LogP contribution in [0.15, 0.2) is 59.9 Å². The van der Waals surface area contributed by atoms with E-state index in [0.29, 0.717) is 35.5 Å². The molecule has 0 radical (unpaired) electrons. The van der Waals surface area contributed by atoms with Gasteiger partial charge in [0.1, 0.15) is 0 Å². The number of aromatic nitrogens is 2. The molecular weight excluding hydrogens is 524 g/mol. The number of para-hydroxylation sites is 2. The number of imidazole rings is 1. The number of nitrogens with zero attached hydrogens (tertiary/aromatic N) is 4. The highest BCUT2D eigenvalue weighted by Crippen LogP contribution is 2.41. The first kappa shape index (κ1) is 26.7. The van der Waals surface area contributed by atoms with Crippen LogP contribution in [0.1, 0.15) is 58.7 Å². The van der Waals surface area contributed by atoms with Gasteiger partial charge in [0.15, 0.2) is 10.7 Å². The summed E-state index contributed by atoms with van der Waals surface area (Å²) < 4.78 is 7.44. The van der Waals surface area contributed by atoms with Crippen molar-refractivity contribution in [3.05, 3.63) is 81.6 Å². The Labute approximate surface area is 237 Å². The Morgan fingerprint density at radius 1 is 1.10 bits per heavy atom. The molecule has 8 nitrogen and oxygen atoms in total. The van der Waals surface area contributed by atoms with Gasteiger partial charge in [-0.15, -0.1) is 0 Å². The van der Waals surface area contributed by atoms with E-state index in [2.05, 4.69) is 18.7 Å². The van der Waals surface area contributed by atoms with Crippen molar-refractivity contribution in [2.45, 2.75) is 39.2 Å². The summed E-state index contributed by atoms with van der Waals surface area (Å²) in [7, 11) is 0. The second kappa shape index (κ2) is 10.8. The maximum absolute atomic E-state index is 14.2. The van der Waals surface area contributed by atoms with Crippen LogP contribution in [0.2, 0.25) is 0 Å². The summed E-state index contributed by atoms with van der Waals surface area (Å²) in [5.41, 5.74) is 4.69. The van der Waals surface area contributed by atoms with Gasteiger partial charge in [0, 0.05) is 31.9 Å². The Morgan fingerprint density at radius 2 is 1.82 bits per heavy atom. The van der Waals surface area contributed by atoms with Gasteiger partial charge in [-0.2, -0.15) is 0 Å². The Hall–Kier alpha value is -3.53. The first-order chi connectivity index (χ1) is 19.3. The second-order valence-electron chi connectivity index (χ2n) is 10.9. The molecule has 4 aromatic rings. The summed E-state index contributed by atoms with van der Waals surface area (Å²) in [6, 6.07) is 15.2. The fourth-order valence-corrected chi connectivity index (χ4v) is 6.91. The Bertz CT molecular complexity index is 1610. The number of thiazole rings is 1. The molecule has 40 heavy (non-hydrogen) atoms. The predicted octanol–water partition coefficient (Wildman–Crippen LogP) is 5.28. The number of hydrogen-bond acceptors (Lipinski definition) is 7. The lowest BCUT2D eigenvalue weighted by atomic mass is 9.93. The van der Waals surface area contributed by atoms with Crippen LogP contribution in [0, 0.1) is 6.92 Å². The van der Waals surface area contributed by atoms with E-state index in [-0.39, 0.29) is 11.4 Å². The van der Waals surface area contributed by atoms with Crippen molar-refractivity contribution in [1.29, 1.82) is 0 Å². The summed E-state index contributed by atoms with van der Waals surface area (Å²) in [5, 5.41) is 11.2.